The minimum atomic E-state index is -3.71. The number of rotatable bonds is 7. The molecule has 0 fully saturated rings. The number of hydrogen-bond donors (Lipinski definition) is 0. The lowest BCUT2D eigenvalue weighted by atomic mass is 10.2. The minimum absolute atomic E-state index is 0.185. The van der Waals surface area contributed by atoms with E-state index in [9.17, 15) is 8.42 Å². The van der Waals surface area contributed by atoms with E-state index in [1.54, 1.807) is 66.7 Å². The zero-order valence-electron chi connectivity index (χ0n) is 16.4. The van der Waals surface area contributed by atoms with Gasteiger partial charge in [0.2, 0.25) is 0 Å². The molecule has 0 saturated carbocycles. The number of aryl methyl sites for hydroxylation is 1. The Kier molecular flexibility index (Phi) is 7.02. The summed E-state index contributed by atoms with van der Waals surface area (Å²) in [4.78, 5) is 0.185. The van der Waals surface area contributed by atoms with Crippen LogP contribution in [0.25, 0.3) is 0 Å². The number of ether oxygens (including phenoxy) is 1. The van der Waals surface area contributed by atoms with Gasteiger partial charge >= 0.3 is 0 Å². The van der Waals surface area contributed by atoms with E-state index < -0.39 is 10.0 Å². The van der Waals surface area contributed by atoms with E-state index in [2.05, 4.69) is 5.10 Å². The second-order valence-corrected chi connectivity index (χ2v) is 9.39. The van der Waals surface area contributed by atoms with Gasteiger partial charge in [-0.1, -0.05) is 59.1 Å². The van der Waals surface area contributed by atoms with Gasteiger partial charge in [0.15, 0.2) is 0 Å². The van der Waals surface area contributed by atoms with Crippen molar-refractivity contribution >= 4 is 39.4 Å². The summed E-state index contributed by atoms with van der Waals surface area (Å²) in [5, 5.41) is 5.17. The van der Waals surface area contributed by atoms with Crippen molar-refractivity contribution in [2.75, 3.05) is 7.05 Å². The van der Waals surface area contributed by atoms with Gasteiger partial charge in [-0.15, -0.1) is 0 Å². The van der Waals surface area contributed by atoms with Crippen molar-refractivity contribution in [3.8, 4) is 5.75 Å². The van der Waals surface area contributed by atoms with E-state index >= 15 is 0 Å². The molecule has 3 aromatic rings. The van der Waals surface area contributed by atoms with Gasteiger partial charge < -0.3 is 4.74 Å². The third kappa shape index (κ3) is 5.53. The Bertz CT molecular complexity index is 1160. The molecule has 30 heavy (non-hydrogen) atoms. The largest absolute Gasteiger partial charge is 0.489 e. The summed E-state index contributed by atoms with van der Waals surface area (Å²) >= 11 is 12.1. The zero-order valence-corrected chi connectivity index (χ0v) is 18.7. The molecule has 3 rings (SSSR count). The molecule has 156 valence electrons. The molecule has 0 aliphatic carbocycles. The van der Waals surface area contributed by atoms with E-state index in [0.717, 1.165) is 15.5 Å². The van der Waals surface area contributed by atoms with E-state index in [4.69, 9.17) is 27.9 Å². The Morgan fingerprint density at radius 3 is 2.47 bits per heavy atom. The van der Waals surface area contributed by atoms with Crippen LogP contribution >= 0.6 is 23.2 Å². The van der Waals surface area contributed by atoms with Crippen molar-refractivity contribution in [2.45, 2.75) is 18.4 Å². The Morgan fingerprint density at radius 1 is 1.03 bits per heavy atom. The standard InChI is InChI=1S/C22H20Cl2N2O3S/c1-16-6-10-21(11-7-16)30(27,28)26(2)25-14-17-4-3-5-20(12-17)29-15-18-8-9-19(23)13-22(18)24/h3-14H,15H2,1-2H3. The number of hydrazone groups is 1. The molecule has 8 heteroatoms. The van der Waals surface area contributed by atoms with Gasteiger partial charge in [0, 0.05) is 22.7 Å². The number of benzene rings is 3. The first-order valence-electron chi connectivity index (χ1n) is 9.02. The number of hydrogen-bond acceptors (Lipinski definition) is 4. The molecule has 0 amide bonds. The number of nitrogens with zero attached hydrogens (tertiary/aromatic N) is 2. The van der Waals surface area contributed by atoms with Gasteiger partial charge in [0.25, 0.3) is 10.0 Å². The normalized spacial score (nSPS) is 11.6. The maximum atomic E-state index is 12.6. The van der Waals surface area contributed by atoms with Crippen molar-refractivity contribution in [3.63, 3.8) is 0 Å². The Morgan fingerprint density at radius 2 is 1.77 bits per heavy atom. The fraction of sp³-hybridized carbons (Fsp3) is 0.136. The monoisotopic (exact) mass is 462 g/mol. The molecule has 0 N–H and O–H groups in total. The van der Waals surface area contributed by atoms with Crippen molar-refractivity contribution in [1.82, 2.24) is 4.41 Å². The van der Waals surface area contributed by atoms with Crippen molar-refractivity contribution in [1.29, 1.82) is 0 Å². The molecule has 0 aliphatic rings. The second kappa shape index (κ2) is 9.51. The molecule has 0 bridgehead atoms. The molecule has 0 atom stereocenters. The van der Waals surface area contributed by atoms with Gasteiger partial charge in [-0.2, -0.15) is 17.9 Å². The molecule has 3 aromatic carbocycles. The quantitative estimate of drug-likeness (QED) is 0.342. The van der Waals surface area contributed by atoms with Crippen LogP contribution in [0.3, 0.4) is 0 Å². The van der Waals surface area contributed by atoms with Crippen molar-refractivity contribution in [3.05, 3.63) is 93.5 Å². The van der Waals surface area contributed by atoms with Crippen molar-refractivity contribution < 1.29 is 13.2 Å². The predicted molar refractivity (Wildman–Crippen MR) is 121 cm³/mol. The first-order chi connectivity index (χ1) is 14.3. The predicted octanol–water partition coefficient (Wildman–Crippen LogP) is 5.54. The molecule has 0 unspecified atom stereocenters. The lowest BCUT2D eigenvalue weighted by Gasteiger charge is -2.14. The highest BCUT2D eigenvalue weighted by Crippen LogP contribution is 2.23. The highest BCUT2D eigenvalue weighted by Gasteiger charge is 2.18. The Hall–Kier alpha value is -2.54. The first-order valence-corrected chi connectivity index (χ1v) is 11.2. The highest BCUT2D eigenvalue weighted by molar-refractivity contribution is 7.89. The molecule has 0 heterocycles. The van der Waals surface area contributed by atoms with Gasteiger partial charge in [-0.3, -0.25) is 0 Å². The van der Waals surface area contributed by atoms with Gasteiger partial charge in [0.05, 0.1) is 11.1 Å². The van der Waals surface area contributed by atoms with Crippen LogP contribution in [0.5, 0.6) is 5.75 Å². The summed E-state index contributed by atoms with van der Waals surface area (Å²) in [7, 11) is -2.31. The zero-order chi connectivity index (χ0) is 21.7. The SMILES string of the molecule is Cc1ccc(S(=O)(=O)N(C)N=Cc2cccc(OCc3ccc(Cl)cc3Cl)c2)cc1. The van der Waals surface area contributed by atoms with Crippen molar-refractivity contribution in [2.24, 2.45) is 5.10 Å². The van der Waals surface area contributed by atoms with E-state index in [1.165, 1.54) is 13.3 Å². The average Bonchev–Trinajstić information content (AvgIpc) is 2.72. The maximum absolute atomic E-state index is 12.6. The molecular weight excluding hydrogens is 443 g/mol. The molecule has 0 radical (unpaired) electrons. The van der Waals surface area contributed by atoms with E-state index in [0.29, 0.717) is 21.4 Å². The third-order valence-electron chi connectivity index (χ3n) is 4.30. The Labute approximate surface area is 186 Å². The summed E-state index contributed by atoms with van der Waals surface area (Å²) in [6.07, 6.45) is 1.47. The van der Waals surface area contributed by atoms with Crippen LogP contribution < -0.4 is 4.74 Å². The smallest absolute Gasteiger partial charge is 0.278 e. The molecular formula is C22H20Cl2N2O3S. The molecule has 5 nitrogen and oxygen atoms in total. The highest BCUT2D eigenvalue weighted by atomic mass is 35.5. The number of sulfonamides is 1. The van der Waals surface area contributed by atoms with Crippen LogP contribution in [0, 0.1) is 6.92 Å². The summed E-state index contributed by atoms with van der Waals surface area (Å²) in [5.74, 6) is 0.606. The molecule has 0 spiro atoms. The summed E-state index contributed by atoms with van der Waals surface area (Å²) < 4.78 is 32.0. The summed E-state index contributed by atoms with van der Waals surface area (Å²) in [6, 6.07) is 19.0. The fourth-order valence-corrected chi connectivity index (χ4v) is 3.98. The maximum Gasteiger partial charge on any atom is 0.278 e. The summed E-state index contributed by atoms with van der Waals surface area (Å²) in [5.41, 5.74) is 2.49. The first kappa shape index (κ1) is 22.2. The van der Waals surface area contributed by atoms with Crippen LogP contribution in [0.2, 0.25) is 10.0 Å². The third-order valence-corrected chi connectivity index (χ3v) is 6.55. The van der Waals surface area contributed by atoms with Gasteiger partial charge in [-0.25, -0.2) is 0 Å². The Balaban J connectivity index is 1.69. The topological polar surface area (TPSA) is 59.0 Å². The van der Waals surface area contributed by atoms with Crippen LogP contribution in [0.4, 0.5) is 0 Å². The minimum Gasteiger partial charge on any atom is -0.489 e. The molecule has 0 aromatic heterocycles. The van der Waals surface area contributed by atoms with Crippen LogP contribution in [-0.4, -0.2) is 26.1 Å². The number of halogens is 2. The lowest BCUT2D eigenvalue weighted by molar-refractivity contribution is 0.306. The van der Waals surface area contributed by atoms with Gasteiger partial charge in [-0.05, 0) is 48.9 Å². The van der Waals surface area contributed by atoms with Gasteiger partial charge in [0.1, 0.15) is 12.4 Å². The van der Waals surface area contributed by atoms with Crippen LogP contribution in [-0.2, 0) is 16.6 Å². The lowest BCUT2D eigenvalue weighted by Crippen LogP contribution is -2.21. The van der Waals surface area contributed by atoms with Crippen LogP contribution in [0.1, 0.15) is 16.7 Å². The molecule has 0 saturated heterocycles. The average molecular weight is 463 g/mol. The van der Waals surface area contributed by atoms with E-state index in [1.807, 2.05) is 6.92 Å². The second-order valence-electron chi connectivity index (χ2n) is 6.59. The van der Waals surface area contributed by atoms with E-state index in [-0.39, 0.29) is 11.5 Å². The fourth-order valence-electron chi connectivity index (χ4n) is 2.56. The van der Waals surface area contributed by atoms with Crippen LogP contribution in [0.15, 0.2) is 76.7 Å². The molecule has 0 aliphatic heterocycles. The summed E-state index contributed by atoms with van der Waals surface area (Å²) in [6.45, 7) is 2.17.